The molecule has 0 aliphatic heterocycles. The van der Waals surface area contributed by atoms with Crippen molar-refractivity contribution in [3.63, 3.8) is 0 Å². The minimum absolute atomic E-state index is 0.204. The number of benzene rings is 1. The van der Waals surface area contributed by atoms with Crippen LogP contribution < -0.4 is 10.6 Å². The van der Waals surface area contributed by atoms with Crippen molar-refractivity contribution in [3.05, 3.63) is 69.9 Å². The summed E-state index contributed by atoms with van der Waals surface area (Å²) >= 11 is 11.9. The lowest BCUT2D eigenvalue weighted by atomic mass is 10.2. The number of nitrogens with zero attached hydrogens (tertiary/aromatic N) is 2. The first kappa shape index (κ1) is 18.0. The Bertz CT molecular complexity index is 951. The highest BCUT2D eigenvalue weighted by molar-refractivity contribution is 6.37. The summed E-state index contributed by atoms with van der Waals surface area (Å²) in [5, 5.41) is 10.0. The fourth-order valence-electron chi connectivity index (χ4n) is 2.33. The Balaban J connectivity index is 1.76. The summed E-state index contributed by atoms with van der Waals surface area (Å²) in [5.74, 6) is -0.266. The highest BCUT2D eigenvalue weighted by Crippen LogP contribution is 2.23. The van der Waals surface area contributed by atoms with E-state index in [9.17, 15) is 9.59 Å². The van der Waals surface area contributed by atoms with Crippen molar-refractivity contribution >= 4 is 40.7 Å². The van der Waals surface area contributed by atoms with E-state index in [4.69, 9.17) is 27.6 Å². The van der Waals surface area contributed by atoms with Crippen LogP contribution in [0, 0.1) is 0 Å². The number of nitrogens with one attached hydrogen (secondary N) is 2. The van der Waals surface area contributed by atoms with E-state index in [2.05, 4.69) is 15.7 Å². The van der Waals surface area contributed by atoms with Gasteiger partial charge in [0.2, 0.25) is 0 Å². The third kappa shape index (κ3) is 3.89. The van der Waals surface area contributed by atoms with Crippen LogP contribution in [0.15, 0.2) is 47.2 Å². The van der Waals surface area contributed by atoms with Gasteiger partial charge in [0.15, 0.2) is 0 Å². The fraction of sp³-hybridized carbons (Fsp3) is 0.118. The molecule has 0 saturated carbocycles. The molecule has 2 aromatic heterocycles. The third-order valence-electron chi connectivity index (χ3n) is 3.58. The predicted octanol–water partition coefficient (Wildman–Crippen LogP) is 3.50. The molecule has 1 aromatic carbocycles. The number of anilines is 1. The van der Waals surface area contributed by atoms with Gasteiger partial charge < -0.3 is 15.1 Å². The number of hydrogen-bond donors (Lipinski definition) is 2. The summed E-state index contributed by atoms with van der Waals surface area (Å²) in [4.78, 5) is 24.9. The second-order valence-corrected chi connectivity index (χ2v) is 6.21. The molecule has 2 N–H and O–H groups in total. The van der Waals surface area contributed by atoms with E-state index >= 15 is 0 Å². The van der Waals surface area contributed by atoms with Gasteiger partial charge in [0.05, 0.1) is 35.3 Å². The highest BCUT2D eigenvalue weighted by atomic mass is 35.5. The van der Waals surface area contributed by atoms with Crippen LogP contribution >= 0.6 is 23.2 Å². The Morgan fingerprint density at radius 3 is 2.73 bits per heavy atom. The summed E-state index contributed by atoms with van der Waals surface area (Å²) in [6.45, 7) is 0.216. The van der Waals surface area contributed by atoms with Gasteiger partial charge in [0.1, 0.15) is 11.5 Å². The lowest BCUT2D eigenvalue weighted by molar-refractivity contribution is 0.0939. The van der Waals surface area contributed by atoms with E-state index in [1.54, 1.807) is 25.2 Å². The van der Waals surface area contributed by atoms with Crippen LogP contribution in [0.1, 0.15) is 26.6 Å². The number of carbonyl (C=O) groups excluding carboxylic acids is 2. The van der Waals surface area contributed by atoms with Gasteiger partial charge >= 0.3 is 0 Å². The van der Waals surface area contributed by atoms with Gasteiger partial charge in [-0.3, -0.25) is 14.3 Å². The van der Waals surface area contributed by atoms with Gasteiger partial charge in [-0.1, -0.05) is 23.2 Å². The van der Waals surface area contributed by atoms with Crippen LogP contribution in [0.2, 0.25) is 10.0 Å². The lowest BCUT2D eigenvalue weighted by Gasteiger charge is -2.09. The lowest BCUT2D eigenvalue weighted by Crippen LogP contribution is -2.26. The number of rotatable bonds is 5. The molecular weight excluding hydrogens is 379 g/mol. The normalized spacial score (nSPS) is 10.6. The number of amides is 2. The zero-order chi connectivity index (χ0) is 18.7. The van der Waals surface area contributed by atoms with Crippen LogP contribution in [0.3, 0.4) is 0 Å². The molecule has 9 heteroatoms. The van der Waals surface area contributed by atoms with Crippen molar-refractivity contribution in [2.45, 2.75) is 6.54 Å². The monoisotopic (exact) mass is 392 g/mol. The van der Waals surface area contributed by atoms with Gasteiger partial charge in [-0.2, -0.15) is 5.10 Å². The number of halogens is 2. The van der Waals surface area contributed by atoms with E-state index in [0.29, 0.717) is 10.8 Å². The first-order chi connectivity index (χ1) is 12.5. The highest BCUT2D eigenvalue weighted by Gasteiger charge is 2.20. The van der Waals surface area contributed by atoms with Gasteiger partial charge in [0.25, 0.3) is 11.8 Å². The molecule has 0 saturated heterocycles. The van der Waals surface area contributed by atoms with E-state index in [1.165, 1.54) is 29.3 Å². The molecule has 0 bridgehead atoms. The first-order valence-electron chi connectivity index (χ1n) is 7.54. The molecular formula is C17H14Cl2N4O3. The van der Waals surface area contributed by atoms with Crippen molar-refractivity contribution in [2.24, 2.45) is 7.05 Å². The van der Waals surface area contributed by atoms with Crippen LogP contribution in [-0.4, -0.2) is 21.6 Å². The van der Waals surface area contributed by atoms with Crippen LogP contribution in [-0.2, 0) is 13.6 Å². The minimum atomic E-state index is -0.472. The maximum absolute atomic E-state index is 12.5. The largest absolute Gasteiger partial charge is 0.467 e. The minimum Gasteiger partial charge on any atom is -0.467 e. The summed E-state index contributed by atoms with van der Waals surface area (Å²) < 4.78 is 6.55. The molecule has 3 aromatic rings. The summed E-state index contributed by atoms with van der Waals surface area (Å²) in [7, 11) is 1.60. The first-order valence-corrected chi connectivity index (χ1v) is 8.30. The standard InChI is InChI=1S/C17H14Cl2N4O3/c1-23-15(17(25)20-8-11-3-2-6-26-11)14(9-21-23)22-16(24)12-5-4-10(18)7-13(12)19/h2-7,9H,8H2,1H3,(H,20,25)(H,22,24). The molecule has 7 nitrogen and oxygen atoms in total. The molecule has 0 fully saturated rings. The van der Waals surface area contributed by atoms with Crippen molar-refractivity contribution in [3.8, 4) is 0 Å². The van der Waals surface area contributed by atoms with Crippen molar-refractivity contribution in [1.82, 2.24) is 15.1 Å². The Morgan fingerprint density at radius 1 is 1.23 bits per heavy atom. The molecule has 2 heterocycles. The van der Waals surface area contributed by atoms with Gasteiger partial charge in [0, 0.05) is 12.1 Å². The van der Waals surface area contributed by atoms with Gasteiger partial charge in [-0.15, -0.1) is 0 Å². The second-order valence-electron chi connectivity index (χ2n) is 5.37. The zero-order valence-corrected chi connectivity index (χ0v) is 15.1. The number of carbonyl (C=O) groups is 2. The Hall–Kier alpha value is -2.77. The van der Waals surface area contributed by atoms with E-state index in [1.807, 2.05) is 0 Å². The Morgan fingerprint density at radius 2 is 2.04 bits per heavy atom. The molecule has 0 spiro atoms. The Kier molecular flexibility index (Phi) is 5.29. The molecule has 2 amide bonds. The Labute approximate surface area is 158 Å². The van der Waals surface area contributed by atoms with Crippen molar-refractivity contribution < 1.29 is 14.0 Å². The summed E-state index contributed by atoms with van der Waals surface area (Å²) in [6, 6.07) is 8.01. The van der Waals surface area contributed by atoms with Crippen LogP contribution in [0.5, 0.6) is 0 Å². The molecule has 0 aliphatic rings. The smallest absolute Gasteiger partial charge is 0.272 e. The predicted molar refractivity (Wildman–Crippen MR) is 97.5 cm³/mol. The molecule has 0 radical (unpaired) electrons. The SMILES string of the molecule is Cn1ncc(NC(=O)c2ccc(Cl)cc2Cl)c1C(=O)NCc1ccco1. The molecule has 3 rings (SSSR count). The average Bonchev–Trinajstić information content (AvgIpc) is 3.22. The van der Waals surface area contributed by atoms with Crippen molar-refractivity contribution in [1.29, 1.82) is 0 Å². The summed E-state index contributed by atoms with van der Waals surface area (Å²) in [6.07, 6.45) is 2.91. The van der Waals surface area contributed by atoms with E-state index in [-0.39, 0.29) is 28.5 Å². The van der Waals surface area contributed by atoms with E-state index in [0.717, 1.165) is 0 Å². The van der Waals surface area contributed by atoms with Gasteiger partial charge in [-0.25, -0.2) is 0 Å². The van der Waals surface area contributed by atoms with Crippen LogP contribution in [0.4, 0.5) is 5.69 Å². The second kappa shape index (κ2) is 7.63. The number of aryl methyl sites for hydroxylation is 1. The molecule has 0 atom stereocenters. The van der Waals surface area contributed by atoms with Crippen molar-refractivity contribution in [2.75, 3.05) is 5.32 Å². The molecule has 134 valence electrons. The van der Waals surface area contributed by atoms with Gasteiger partial charge in [-0.05, 0) is 30.3 Å². The average molecular weight is 393 g/mol. The number of furan rings is 1. The molecule has 26 heavy (non-hydrogen) atoms. The fourth-order valence-corrected chi connectivity index (χ4v) is 2.82. The van der Waals surface area contributed by atoms with E-state index < -0.39 is 11.8 Å². The number of aromatic nitrogens is 2. The maximum Gasteiger partial charge on any atom is 0.272 e. The molecule has 0 aliphatic carbocycles. The third-order valence-corrected chi connectivity index (χ3v) is 4.13. The molecule has 0 unspecified atom stereocenters. The number of hydrogen-bond acceptors (Lipinski definition) is 4. The zero-order valence-electron chi connectivity index (χ0n) is 13.6. The maximum atomic E-state index is 12.5. The van der Waals surface area contributed by atoms with Crippen LogP contribution in [0.25, 0.3) is 0 Å². The quantitative estimate of drug-likeness (QED) is 0.695. The topological polar surface area (TPSA) is 89.2 Å². The summed E-state index contributed by atoms with van der Waals surface area (Å²) in [5.41, 5.74) is 0.706.